The van der Waals surface area contributed by atoms with Gasteiger partial charge in [0.05, 0.1) is 16.3 Å². The Kier molecular flexibility index (Phi) is 5.32. The van der Waals surface area contributed by atoms with Gasteiger partial charge in [0.2, 0.25) is 5.91 Å². The number of hydrogen-bond acceptors (Lipinski definition) is 3. The fraction of sp³-hybridized carbons (Fsp3) is 0.280. The second-order valence-electron chi connectivity index (χ2n) is 8.14. The molecule has 6 heteroatoms. The van der Waals surface area contributed by atoms with E-state index in [0.717, 1.165) is 34.9 Å². The lowest BCUT2D eigenvalue weighted by Crippen LogP contribution is -2.53. The number of nitrogens with one attached hydrogen (secondary N) is 1. The first kappa shape index (κ1) is 19.9. The van der Waals surface area contributed by atoms with Gasteiger partial charge in [-0.3, -0.25) is 4.79 Å². The number of anilines is 1. The van der Waals surface area contributed by atoms with Crippen LogP contribution in [0.1, 0.15) is 18.4 Å². The van der Waals surface area contributed by atoms with Crippen molar-refractivity contribution in [3.63, 3.8) is 0 Å². The van der Waals surface area contributed by atoms with Crippen LogP contribution in [0.25, 0.3) is 10.8 Å². The molecule has 31 heavy (non-hydrogen) atoms. The summed E-state index contributed by atoms with van der Waals surface area (Å²) in [6.07, 6.45) is 1.58. The van der Waals surface area contributed by atoms with E-state index in [4.69, 9.17) is 0 Å². The van der Waals surface area contributed by atoms with Crippen molar-refractivity contribution in [3.8, 4) is 0 Å². The maximum absolute atomic E-state index is 13.0. The van der Waals surface area contributed by atoms with Crippen molar-refractivity contribution in [2.75, 3.05) is 24.2 Å². The number of benzene rings is 3. The number of hydrogen-bond donors (Lipinski definition) is 1. The topological polar surface area (TPSA) is 52.7 Å². The van der Waals surface area contributed by atoms with Gasteiger partial charge < -0.3 is 15.1 Å². The lowest BCUT2D eigenvalue weighted by molar-refractivity contribution is -0.131. The molecule has 3 aromatic rings. The molecular formula is C25H25N3O2S. The van der Waals surface area contributed by atoms with Gasteiger partial charge >= 0.3 is 6.03 Å². The van der Waals surface area contributed by atoms with Crippen LogP contribution < -0.4 is 5.32 Å². The molecule has 3 aromatic carbocycles. The van der Waals surface area contributed by atoms with E-state index in [1.807, 2.05) is 70.5 Å². The van der Waals surface area contributed by atoms with Crippen LogP contribution in [0.4, 0.5) is 10.5 Å². The van der Waals surface area contributed by atoms with Gasteiger partial charge in [-0.05, 0) is 29.9 Å². The van der Waals surface area contributed by atoms with E-state index in [9.17, 15) is 9.59 Å². The first-order chi connectivity index (χ1) is 15.1. The molecule has 158 valence electrons. The summed E-state index contributed by atoms with van der Waals surface area (Å²) in [4.78, 5) is 29.3. The number of amides is 3. The summed E-state index contributed by atoms with van der Waals surface area (Å²) in [7, 11) is 0. The monoisotopic (exact) mass is 431 g/mol. The van der Waals surface area contributed by atoms with Crippen molar-refractivity contribution < 1.29 is 9.59 Å². The summed E-state index contributed by atoms with van der Waals surface area (Å²) >= 11 is 1.74. The molecule has 2 aliphatic rings. The quantitative estimate of drug-likeness (QED) is 0.639. The largest absolute Gasteiger partial charge is 0.324 e. The number of likely N-dealkylation sites (tertiary alicyclic amines) is 1. The molecule has 0 saturated carbocycles. The first-order valence-electron chi connectivity index (χ1n) is 10.7. The van der Waals surface area contributed by atoms with Crippen LogP contribution in [0.5, 0.6) is 0 Å². The molecule has 2 aliphatic heterocycles. The smallest absolute Gasteiger partial charge is 0.321 e. The molecular weight excluding hydrogens is 406 g/mol. The van der Waals surface area contributed by atoms with Crippen LogP contribution in [0.3, 0.4) is 0 Å². The molecule has 0 aromatic heterocycles. The first-order valence-corrected chi connectivity index (χ1v) is 11.7. The van der Waals surface area contributed by atoms with Crippen molar-refractivity contribution in [3.05, 3.63) is 78.4 Å². The number of piperidine rings is 1. The normalized spacial score (nSPS) is 18.0. The molecule has 0 radical (unpaired) electrons. The number of urea groups is 1. The number of rotatable bonds is 3. The van der Waals surface area contributed by atoms with Gasteiger partial charge in [0, 0.05) is 25.0 Å². The Morgan fingerprint density at radius 3 is 2.45 bits per heavy atom. The zero-order valence-corrected chi connectivity index (χ0v) is 18.1. The van der Waals surface area contributed by atoms with E-state index in [1.54, 1.807) is 11.8 Å². The molecule has 5 nitrogen and oxygen atoms in total. The third kappa shape index (κ3) is 3.88. The highest BCUT2D eigenvalue weighted by atomic mass is 32.2. The standard InChI is InChI=1S/C25H25N3O2S/c29-23-18-31-25(28(23)17-19-7-2-1-3-8-19)13-15-27(16-14-25)24(30)26-22-12-6-10-20-9-4-5-11-21(20)22/h1-12H,13-18H2,(H,26,30). The summed E-state index contributed by atoms with van der Waals surface area (Å²) < 4.78 is 0. The van der Waals surface area contributed by atoms with Crippen LogP contribution in [0.2, 0.25) is 0 Å². The number of nitrogens with zero attached hydrogens (tertiary/aromatic N) is 2. The maximum Gasteiger partial charge on any atom is 0.321 e. The van der Waals surface area contributed by atoms with E-state index in [0.29, 0.717) is 25.4 Å². The van der Waals surface area contributed by atoms with Crippen molar-refractivity contribution in [2.24, 2.45) is 0 Å². The Morgan fingerprint density at radius 1 is 0.935 bits per heavy atom. The zero-order chi connectivity index (χ0) is 21.3. The van der Waals surface area contributed by atoms with E-state index in [2.05, 4.69) is 17.4 Å². The SMILES string of the molecule is O=C(Nc1cccc2ccccc12)N1CCC2(CC1)SCC(=O)N2Cc1ccccc1. The predicted molar refractivity (Wildman–Crippen MR) is 126 cm³/mol. The summed E-state index contributed by atoms with van der Waals surface area (Å²) in [5, 5.41) is 5.24. The maximum atomic E-state index is 13.0. The molecule has 0 aliphatic carbocycles. The fourth-order valence-corrected chi connectivity index (χ4v) is 5.92. The van der Waals surface area contributed by atoms with Gasteiger partial charge in [-0.2, -0.15) is 0 Å². The molecule has 0 atom stereocenters. The summed E-state index contributed by atoms with van der Waals surface area (Å²) in [6, 6.07) is 24.1. The minimum absolute atomic E-state index is 0.0739. The Labute approximate surface area is 186 Å². The lowest BCUT2D eigenvalue weighted by Gasteiger charge is -2.44. The number of thioether (sulfide) groups is 1. The van der Waals surface area contributed by atoms with Crippen molar-refractivity contribution in [2.45, 2.75) is 24.3 Å². The van der Waals surface area contributed by atoms with Gasteiger partial charge in [0.1, 0.15) is 0 Å². The Morgan fingerprint density at radius 2 is 1.65 bits per heavy atom. The predicted octanol–water partition coefficient (Wildman–Crippen LogP) is 4.94. The van der Waals surface area contributed by atoms with Gasteiger partial charge in [-0.25, -0.2) is 4.79 Å². The molecule has 1 spiro atoms. The van der Waals surface area contributed by atoms with E-state index >= 15 is 0 Å². The third-order valence-corrected chi connectivity index (χ3v) is 7.86. The van der Waals surface area contributed by atoms with Crippen molar-refractivity contribution in [1.82, 2.24) is 9.80 Å². The fourth-order valence-electron chi connectivity index (χ4n) is 4.58. The van der Waals surface area contributed by atoms with Gasteiger partial charge in [0.15, 0.2) is 0 Å². The summed E-state index contributed by atoms with van der Waals surface area (Å²) in [6.45, 7) is 1.92. The Balaban J connectivity index is 1.27. The van der Waals surface area contributed by atoms with Gasteiger partial charge in [0.25, 0.3) is 0 Å². The Bertz CT molecular complexity index is 1100. The number of carbonyl (C=O) groups is 2. The molecule has 5 rings (SSSR count). The summed E-state index contributed by atoms with van der Waals surface area (Å²) in [5.74, 6) is 0.720. The van der Waals surface area contributed by atoms with Crippen molar-refractivity contribution in [1.29, 1.82) is 0 Å². The Hall–Kier alpha value is -2.99. The second-order valence-corrected chi connectivity index (χ2v) is 9.48. The molecule has 0 bridgehead atoms. The minimum atomic E-state index is -0.205. The second kappa shape index (κ2) is 8.27. The third-order valence-electron chi connectivity index (χ3n) is 6.30. The van der Waals surface area contributed by atoms with E-state index in [-0.39, 0.29) is 16.8 Å². The number of carbonyl (C=O) groups excluding carboxylic acids is 2. The van der Waals surface area contributed by atoms with Gasteiger partial charge in [-0.15, -0.1) is 11.8 Å². The van der Waals surface area contributed by atoms with Crippen LogP contribution >= 0.6 is 11.8 Å². The van der Waals surface area contributed by atoms with E-state index < -0.39 is 0 Å². The summed E-state index contributed by atoms with van der Waals surface area (Å²) in [5.41, 5.74) is 1.98. The zero-order valence-electron chi connectivity index (χ0n) is 17.3. The average molecular weight is 432 g/mol. The van der Waals surface area contributed by atoms with Crippen LogP contribution in [-0.4, -0.2) is 45.5 Å². The number of fused-ring (bicyclic) bond motifs is 1. The highest BCUT2D eigenvalue weighted by Crippen LogP contribution is 2.45. The molecule has 2 saturated heterocycles. The minimum Gasteiger partial charge on any atom is -0.324 e. The van der Waals surface area contributed by atoms with Gasteiger partial charge in [-0.1, -0.05) is 66.7 Å². The molecule has 0 unspecified atom stereocenters. The molecule has 3 amide bonds. The molecule has 1 N–H and O–H groups in total. The van der Waals surface area contributed by atoms with E-state index in [1.165, 1.54) is 0 Å². The highest BCUT2D eigenvalue weighted by Gasteiger charge is 2.48. The molecule has 2 fully saturated rings. The van der Waals surface area contributed by atoms with Crippen LogP contribution in [0.15, 0.2) is 72.8 Å². The average Bonchev–Trinajstić information content (AvgIpc) is 3.10. The highest BCUT2D eigenvalue weighted by molar-refractivity contribution is 8.01. The van der Waals surface area contributed by atoms with Crippen LogP contribution in [-0.2, 0) is 11.3 Å². The lowest BCUT2D eigenvalue weighted by atomic mass is 10.0. The van der Waals surface area contributed by atoms with Crippen molar-refractivity contribution >= 4 is 40.2 Å². The molecule has 2 heterocycles. The van der Waals surface area contributed by atoms with Crippen LogP contribution in [0, 0.1) is 0 Å².